The molecule has 4 rings (SSSR count). The summed E-state index contributed by atoms with van der Waals surface area (Å²) in [5.74, 6) is 2.38. The van der Waals surface area contributed by atoms with Gasteiger partial charge in [-0.05, 0) is 36.4 Å². The number of carbonyl (C=O) groups excluding carboxylic acids is 1. The average molecular weight is 377 g/mol. The smallest absolute Gasteiger partial charge is 0.229 e. The predicted octanol–water partition coefficient (Wildman–Crippen LogP) is 3.69. The molecule has 8 heteroatoms. The van der Waals surface area contributed by atoms with E-state index in [1.165, 1.54) is 6.92 Å². The van der Waals surface area contributed by atoms with Crippen LogP contribution in [-0.2, 0) is 4.79 Å². The summed E-state index contributed by atoms with van der Waals surface area (Å²) in [6.45, 7) is 2.57. The normalized spacial score (nSPS) is 12.2. The van der Waals surface area contributed by atoms with E-state index in [1.54, 1.807) is 12.3 Å². The van der Waals surface area contributed by atoms with E-state index in [9.17, 15) is 4.79 Å². The van der Waals surface area contributed by atoms with Crippen molar-refractivity contribution in [1.82, 2.24) is 9.97 Å². The number of hydrogen-bond acceptors (Lipinski definition) is 7. The number of aromatic nitrogens is 2. The van der Waals surface area contributed by atoms with Gasteiger partial charge in [-0.15, -0.1) is 0 Å². The maximum absolute atomic E-state index is 11.2. The van der Waals surface area contributed by atoms with Crippen LogP contribution in [0.15, 0.2) is 54.7 Å². The fourth-order valence-electron chi connectivity index (χ4n) is 2.76. The van der Waals surface area contributed by atoms with E-state index in [4.69, 9.17) is 9.47 Å². The number of rotatable bonds is 5. The van der Waals surface area contributed by atoms with Gasteiger partial charge in [0.15, 0.2) is 11.5 Å². The molecule has 8 nitrogen and oxygen atoms in total. The van der Waals surface area contributed by atoms with E-state index in [1.807, 2.05) is 42.5 Å². The van der Waals surface area contributed by atoms with Crippen LogP contribution in [0.5, 0.6) is 11.5 Å². The molecule has 0 bridgehead atoms. The van der Waals surface area contributed by atoms with Crippen LogP contribution in [0, 0.1) is 0 Å². The highest BCUT2D eigenvalue weighted by Gasteiger charge is 2.12. The van der Waals surface area contributed by atoms with Gasteiger partial charge < -0.3 is 25.4 Å². The zero-order chi connectivity index (χ0) is 19.3. The quantitative estimate of drug-likeness (QED) is 0.624. The highest BCUT2D eigenvalue weighted by atomic mass is 16.6. The molecule has 1 amide bonds. The van der Waals surface area contributed by atoms with Crippen molar-refractivity contribution in [3.63, 3.8) is 0 Å². The Morgan fingerprint density at radius 3 is 2.57 bits per heavy atom. The molecule has 0 aliphatic carbocycles. The zero-order valence-corrected chi connectivity index (χ0v) is 15.2. The maximum Gasteiger partial charge on any atom is 0.229 e. The molecule has 0 saturated heterocycles. The molecule has 28 heavy (non-hydrogen) atoms. The van der Waals surface area contributed by atoms with Gasteiger partial charge in [-0.2, -0.15) is 4.98 Å². The average Bonchev–Trinajstić information content (AvgIpc) is 2.68. The van der Waals surface area contributed by atoms with E-state index in [0.29, 0.717) is 36.4 Å². The van der Waals surface area contributed by atoms with Crippen LogP contribution >= 0.6 is 0 Å². The number of nitrogens with zero attached hydrogens (tertiary/aromatic N) is 2. The molecule has 3 aromatic rings. The summed E-state index contributed by atoms with van der Waals surface area (Å²) in [7, 11) is 0. The summed E-state index contributed by atoms with van der Waals surface area (Å²) >= 11 is 0. The maximum atomic E-state index is 11.2. The zero-order valence-electron chi connectivity index (χ0n) is 15.2. The predicted molar refractivity (Wildman–Crippen MR) is 107 cm³/mol. The molecule has 2 aromatic carbocycles. The van der Waals surface area contributed by atoms with Crippen LogP contribution in [0.3, 0.4) is 0 Å². The summed E-state index contributed by atoms with van der Waals surface area (Å²) in [5.41, 5.74) is 2.30. The second-order valence-electron chi connectivity index (χ2n) is 6.14. The fourth-order valence-corrected chi connectivity index (χ4v) is 2.76. The largest absolute Gasteiger partial charge is 0.486 e. The summed E-state index contributed by atoms with van der Waals surface area (Å²) < 4.78 is 11.1. The third-order valence-corrected chi connectivity index (χ3v) is 3.91. The number of hydrogen-bond donors (Lipinski definition) is 3. The monoisotopic (exact) mass is 377 g/mol. The van der Waals surface area contributed by atoms with Crippen molar-refractivity contribution < 1.29 is 14.3 Å². The summed E-state index contributed by atoms with van der Waals surface area (Å²) in [6.07, 6.45) is 1.66. The third kappa shape index (κ3) is 4.29. The van der Waals surface area contributed by atoms with Crippen molar-refractivity contribution >= 4 is 34.7 Å². The minimum absolute atomic E-state index is 0.126. The third-order valence-electron chi connectivity index (χ3n) is 3.91. The number of amides is 1. The van der Waals surface area contributed by atoms with Crippen LogP contribution in [0.1, 0.15) is 6.92 Å². The van der Waals surface area contributed by atoms with Gasteiger partial charge in [-0.25, -0.2) is 4.98 Å². The lowest BCUT2D eigenvalue weighted by Crippen LogP contribution is -2.15. The Balaban J connectivity index is 1.48. The van der Waals surface area contributed by atoms with Gasteiger partial charge in [0.2, 0.25) is 11.9 Å². The first-order valence-corrected chi connectivity index (χ1v) is 8.80. The van der Waals surface area contributed by atoms with Gasteiger partial charge in [0, 0.05) is 36.2 Å². The Bertz CT molecular complexity index is 1010. The van der Waals surface area contributed by atoms with Crippen molar-refractivity contribution in [3.05, 3.63) is 54.7 Å². The van der Waals surface area contributed by atoms with E-state index in [-0.39, 0.29) is 5.91 Å². The van der Waals surface area contributed by atoms with Gasteiger partial charge in [0.25, 0.3) is 0 Å². The summed E-state index contributed by atoms with van der Waals surface area (Å²) in [6, 6.07) is 14.8. The van der Waals surface area contributed by atoms with Crippen molar-refractivity contribution in [2.24, 2.45) is 0 Å². The number of carbonyl (C=O) groups is 1. The van der Waals surface area contributed by atoms with Crippen LogP contribution in [0.2, 0.25) is 0 Å². The van der Waals surface area contributed by atoms with E-state index in [0.717, 1.165) is 17.1 Å². The van der Waals surface area contributed by atoms with E-state index in [2.05, 4.69) is 25.9 Å². The van der Waals surface area contributed by atoms with Gasteiger partial charge >= 0.3 is 0 Å². The lowest BCUT2D eigenvalue weighted by molar-refractivity contribution is -0.114. The minimum atomic E-state index is -0.126. The molecule has 3 N–H and O–H groups in total. The first kappa shape index (κ1) is 17.6. The van der Waals surface area contributed by atoms with Crippen molar-refractivity contribution in [3.8, 4) is 11.5 Å². The molecular formula is C20H19N5O3. The summed E-state index contributed by atoms with van der Waals surface area (Å²) in [4.78, 5) is 19.9. The molecule has 0 atom stereocenters. The van der Waals surface area contributed by atoms with Crippen LogP contribution in [-0.4, -0.2) is 29.1 Å². The number of nitrogens with one attached hydrogen (secondary N) is 3. The molecule has 0 spiro atoms. The van der Waals surface area contributed by atoms with Gasteiger partial charge in [0.05, 0.1) is 0 Å². The standard InChI is InChI=1S/C20H19N5O3/c1-13(26)22-14-3-2-4-15(11-14)24-20-21-8-7-19(25-20)23-16-5-6-17-18(12-16)28-10-9-27-17/h2-8,11-12H,9-10H2,1H3,(H,22,26)(H2,21,23,24,25). The number of anilines is 5. The van der Waals surface area contributed by atoms with Crippen molar-refractivity contribution in [1.29, 1.82) is 0 Å². The van der Waals surface area contributed by atoms with Crippen LogP contribution < -0.4 is 25.4 Å². The molecule has 0 unspecified atom stereocenters. The Morgan fingerprint density at radius 2 is 1.71 bits per heavy atom. The molecule has 0 fully saturated rings. The Labute approximate surface area is 161 Å². The minimum Gasteiger partial charge on any atom is -0.486 e. The SMILES string of the molecule is CC(=O)Nc1cccc(Nc2nccc(Nc3ccc4c(c3)OCCO4)n2)c1. The van der Waals surface area contributed by atoms with Crippen molar-refractivity contribution in [2.45, 2.75) is 6.92 Å². The number of ether oxygens (including phenoxy) is 2. The van der Waals surface area contributed by atoms with Gasteiger partial charge in [-0.1, -0.05) is 6.07 Å². The number of fused-ring (bicyclic) bond motifs is 1. The Hall–Kier alpha value is -3.81. The summed E-state index contributed by atoms with van der Waals surface area (Å²) in [5, 5.41) is 9.12. The molecule has 0 radical (unpaired) electrons. The van der Waals surface area contributed by atoms with Crippen LogP contribution in [0.25, 0.3) is 0 Å². The highest BCUT2D eigenvalue weighted by molar-refractivity contribution is 5.89. The second kappa shape index (κ2) is 7.83. The van der Waals surface area contributed by atoms with Crippen LogP contribution in [0.4, 0.5) is 28.8 Å². The van der Waals surface area contributed by atoms with Crippen molar-refractivity contribution in [2.75, 3.05) is 29.2 Å². The molecule has 1 aromatic heterocycles. The molecule has 142 valence electrons. The molecule has 0 saturated carbocycles. The molecule has 1 aliphatic rings. The van der Waals surface area contributed by atoms with Gasteiger partial charge in [-0.3, -0.25) is 4.79 Å². The topological polar surface area (TPSA) is 97.4 Å². The molecule has 1 aliphatic heterocycles. The second-order valence-corrected chi connectivity index (χ2v) is 6.14. The number of benzene rings is 2. The van der Waals surface area contributed by atoms with Gasteiger partial charge in [0.1, 0.15) is 19.0 Å². The molecular weight excluding hydrogens is 358 g/mol. The fraction of sp³-hybridized carbons (Fsp3) is 0.150. The van der Waals surface area contributed by atoms with E-state index < -0.39 is 0 Å². The van der Waals surface area contributed by atoms with E-state index >= 15 is 0 Å². The molecule has 2 heterocycles. The lowest BCUT2D eigenvalue weighted by atomic mass is 10.2. The Morgan fingerprint density at radius 1 is 0.929 bits per heavy atom. The Kier molecular flexibility index (Phi) is 4.92. The first-order valence-electron chi connectivity index (χ1n) is 8.80. The lowest BCUT2D eigenvalue weighted by Gasteiger charge is -2.19. The first-order chi connectivity index (χ1) is 13.7. The highest BCUT2D eigenvalue weighted by Crippen LogP contribution is 2.33.